The van der Waals surface area contributed by atoms with Crippen LogP contribution in [0.3, 0.4) is 0 Å². The van der Waals surface area contributed by atoms with Gasteiger partial charge in [-0.05, 0) is 42.2 Å². The Balaban J connectivity index is 1.76. The summed E-state index contributed by atoms with van der Waals surface area (Å²) < 4.78 is 54.5. The van der Waals surface area contributed by atoms with Crippen molar-refractivity contribution in [1.29, 1.82) is 5.26 Å². The van der Waals surface area contributed by atoms with E-state index in [0.29, 0.717) is 18.6 Å². The van der Waals surface area contributed by atoms with Gasteiger partial charge in [0, 0.05) is 23.9 Å². The van der Waals surface area contributed by atoms with Gasteiger partial charge in [-0.3, -0.25) is 15.1 Å². The lowest BCUT2D eigenvalue weighted by Crippen LogP contribution is -2.52. The number of thioether (sulfide) groups is 1. The van der Waals surface area contributed by atoms with Crippen molar-refractivity contribution < 1.29 is 22.4 Å². The maximum absolute atomic E-state index is 13.8. The minimum Gasteiger partial charge on any atom is -0.336 e. The number of benzene rings is 1. The molecular formula is C21H20F4N4OS. The van der Waals surface area contributed by atoms with Gasteiger partial charge in [0.05, 0.1) is 12.1 Å². The number of carbonyl (C=O) groups excluding carboxylic acids is 1. The van der Waals surface area contributed by atoms with Crippen molar-refractivity contribution in [3.05, 3.63) is 65.7 Å². The lowest BCUT2D eigenvalue weighted by molar-refractivity contribution is -0.160. The lowest BCUT2D eigenvalue weighted by atomic mass is 10.0. The minimum atomic E-state index is -4.71. The van der Waals surface area contributed by atoms with Gasteiger partial charge in [0.25, 0.3) is 0 Å². The number of hydrogen-bond acceptors (Lipinski definition) is 5. The molecule has 1 unspecified atom stereocenters. The average Bonchev–Trinajstić information content (AvgIpc) is 3.51. The predicted molar refractivity (Wildman–Crippen MR) is 108 cm³/mol. The quantitative estimate of drug-likeness (QED) is 0.565. The lowest BCUT2D eigenvalue weighted by Gasteiger charge is -2.28. The maximum Gasteiger partial charge on any atom is 0.407 e. The second-order valence-electron chi connectivity index (χ2n) is 7.30. The molecule has 0 spiro atoms. The summed E-state index contributed by atoms with van der Waals surface area (Å²) in [6, 6.07) is 6.15. The van der Waals surface area contributed by atoms with Gasteiger partial charge >= 0.3 is 6.18 Å². The Labute approximate surface area is 181 Å². The topological polar surface area (TPSA) is 77.8 Å². The summed E-state index contributed by atoms with van der Waals surface area (Å²) in [6.07, 6.45) is -0.533. The van der Waals surface area contributed by atoms with Crippen molar-refractivity contribution in [1.82, 2.24) is 15.6 Å². The standard InChI is InChI=1S/C21H20F4N4OS/c22-16-5-3-15(4-6-16)18(21(23,24)25)28-17(19(30)29-20(13-26)7-8-20)12-31-11-14-2-1-9-27-10-14/h1-6,9-10,17-18,28H,7-8,11-12H2,(H,29,30)/t17?,18-/m1/s1. The second kappa shape index (κ2) is 9.66. The summed E-state index contributed by atoms with van der Waals surface area (Å²) in [5, 5.41) is 14.2. The van der Waals surface area contributed by atoms with Crippen molar-refractivity contribution in [3.8, 4) is 6.07 Å². The third-order valence-electron chi connectivity index (χ3n) is 4.82. The van der Waals surface area contributed by atoms with E-state index < -0.39 is 35.5 Å². The zero-order valence-corrected chi connectivity index (χ0v) is 17.1. The molecule has 0 aliphatic heterocycles. The van der Waals surface area contributed by atoms with Gasteiger partial charge in [0.15, 0.2) is 0 Å². The summed E-state index contributed by atoms with van der Waals surface area (Å²) in [6.45, 7) is 0. The molecule has 0 bridgehead atoms. The van der Waals surface area contributed by atoms with E-state index in [0.717, 1.165) is 29.8 Å². The van der Waals surface area contributed by atoms with Crippen LogP contribution < -0.4 is 10.6 Å². The smallest absolute Gasteiger partial charge is 0.336 e. The molecule has 3 rings (SSSR count). The molecular weight excluding hydrogens is 432 g/mol. The normalized spacial score (nSPS) is 16.7. The summed E-state index contributed by atoms with van der Waals surface area (Å²) in [7, 11) is 0. The van der Waals surface area contributed by atoms with E-state index in [1.54, 1.807) is 18.5 Å². The van der Waals surface area contributed by atoms with Crippen LogP contribution in [0.15, 0.2) is 48.8 Å². The number of carbonyl (C=O) groups is 1. The minimum absolute atomic E-state index is 0.0377. The van der Waals surface area contributed by atoms with Crippen molar-refractivity contribution in [2.24, 2.45) is 0 Å². The van der Waals surface area contributed by atoms with E-state index in [1.165, 1.54) is 11.8 Å². The molecule has 5 nitrogen and oxygen atoms in total. The van der Waals surface area contributed by atoms with Gasteiger partial charge in [-0.25, -0.2) is 4.39 Å². The van der Waals surface area contributed by atoms with Gasteiger partial charge in [0.1, 0.15) is 17.4 Å². The number of nitriles is 1. The Bertz CT molecular complexity index is 927. The first kappa shape index (κ1) is 23.0. The van der Waals surface area contributed by atoms with Crippen LogP contribution >= 0.6 is 11.8 Å². The van der Waals surface area contributed by atoms with Gasteiger partial charge in [-0.1, -0.05) is 18.2 Å². The van der Waals surface area contributed by atoms with Crippen LogP contribution in [0, 0.1) is 17.1 Å². The Kier molecular flexibility index (Phi) is 7.18. The number of alkyl halides is 3. The first-order chi connectivity index (χ1) is 14.7. The number of rotatable bonds is 9. The molecule has 1 heterocycles. The van der Waals surface area contributed by atoms with Crippen LogP contribution in [0.25, 0.3) is 0 Å². The van der Waals surface area contributed by atoms with E-state index >= 15 is 0 Å². The monoisotopic (exact) mass is 452 g/mol. The second-order valence-corrected chi connectivity index (χ2v) is 8.34. The average molecular weight is 452 g/mol. The van der Waals surface area contributed by atoms with Gasteiger partial charge in [0.2, 0.25) is 5.91 Å². The Morgan fingerprint density at radius 3 is 2.52 bits per heavy atom. The molecule has 10 heteroatoms. The Morgan fingerprint density at radius 1 is 1.26 bits per heavy atom. The first-order valence-electron chi connectivity index (χ1n) is 9.51. The predicted octanol–water partition coefficient (Wildman–Crippen LogP) is 3.89. The molecule has 1 saturated carbocycles. The number of nitrogens with one attached hydrogen (secondary N) is 2. The highest BCUT2D eigenvalue weighted by Crippen LogP contribution is 2.36. The van der Waals surface area contributed by atoms with Crippen molar-refractivity contribution in [3.63, 3.8) is 0 Å². The van der Waals surface area contributed by atoms with Crippen LogP contribution in [0.1, 0.15) is 30.0 Å². The van der Waals surface area contributed by atoms with Gasteiger partial charge < -0.3 is 5.32 Å². The van der Waals surface area contributed by atoms with E-state index in [1.807, 2.05) is 12.1 Å². The zero-order chi connectivity index (χ0) is 22.5. The van der Waals surface area contributed by atoms with Crippen molar-refractivity contribution in [2.75, 3.05) is 5.75 Å². The van der Waals surface area contributed by atoms with Gasteiger partial charge in [-0.15, -0.1) is 0 Å². The van der Waals surface area contributed by atoms with Crippen molar-refractivity contribution in [2.45, 2.75) is 42.4 Å². The molecule has 164 valence electrons. The zero-order valence-electron chi connectivity index (χ0n) is 16.3. The third kappa shape index (κ3) is 6.42. The van der Waals surface area contributed by atoms with Crippen LogP contribution in [0.4, 0.5) is 17.6 Å². The molecule has 2 aromatic rings. The van der Waals surface area contributed by atoms with Crippen LogP contribution in [-0.2, 0) is 10.5 Å². The van der Waals surface area contributed by atoms with Crippen molar-refractivity contribution >= 4 is 17.7 Å². The first-order valence-corrected chi connectivity index (χ1v) is 10.7. The molecule has 1 fully saturated rings. The molecule has 1 aromatic heterocycles. The summed E-state index contributed by atoms with van der Waals surface area (Å²) in [5.74, 6) is -0.837. The van der Waals surface area contributed by atoms with E-state index in [-0.39, 0.29) is 11.3 Å². The number of amides is 1. The number of pyridine rings is 1. The molecule has 1 aliphatic carbocycles. The number of halogens is 4. The fourth-order valence-corrected chi connectivity index (χ4v) is 3.93. The molecule has 31 heavy (non-hydrogen) atoms. The highest BCUT2D eigenvalue weighted by Gasteiger charge is 2.47. The van der Waals surface area contributed by atoms with E-state index in [2.05, 4.69) is 15.6 Å². The summed E-state index contributed by atoms with van der Waals surface area (Å²) >= 11 is 1.27. The largest absolute Gasteiger partial charge is 0.407 e. The molecule has 2 atom stereocenters. The molecule has 1 amide bonds. The number of hydrogen-bond donors (Lipinski definition) is 2. The fraction of sp³-hybridized carbons (Fsp3) is 0.381. The third-order valence-corrected chi connectivity index (χ3v) is 5.92. The molecule has 0 radical (unpaired) electrons. The van der Waals surface area contributed by atoms with E-state index in [9.17, 15) is 27.6 Å². The number of aromatic nitrogens is 1. The maximum atomic E-state index is 13.8. The van der Waals surface area contributed by atoms with E-state index in [4.69, 9.17) is 0 Å². The van der Waals surface area contributed by atoms with Crippen LogP contribution in [0.5, 0.6) is 0 Å². The van der Waals surface area contributed by atoms with Gasteiger partial charge in [-0.2, -0.15) is 30.2 Å². The summed E-state index contributed by atoms with van der Waals surface area (Å²) in [4.78, 5) is 16.8. The molecule has 1 aliphatic rings. The SMILES string of the molecule is N#CC1(NC(=O)C(CSCc2cccnc2)N[C@H](c2ccc(F)cc2)C(F)(F)F)CC1. The molecule has 1 aromatic carbocycles. The number of nitrogens with zero attached hydrogens (tertiary/aromatic N) is 2. The fourth-order valence-electron chi connectivity index (χ4n) is 2.93. The highest BCUT2D eigenvalue weighted by atomic mass is 32.2. The summed E-state index contributed by atoms with van der Waals surface area (Å²) in [5.41, 5.74) is -0.340. The Morgan fingerprint density at radius 2 is 1.97 bits per heavy atom. The molecule has 0 saturated heterocycles. The van der Waals surface area contributed by atoms with Crippen LogP contribution in [-0.4, -0.2) is 34.4 Å². The Hall–Kier alpha value is -2.64. The molecule has 2 N–H and O–H groups in total. The highest BCUT2D eigenvalue weighted by molar-refractivity contribution is 7.98. The van der Waals surface area contributed by atoms with Crippen LogP contribution in [0.2, 0.25) is 0 Å².